The lowest BCUT2D eigenvalue weighted by Crippen LogP contribution is -2.30. The fraction of sp³-hybridized carbons (Fsp3) is 1.00. The van der Waals surface area contributed by atoms with E-state index in [9.17, 15) is 43.2 Å². The molecule has 0 bridgehead atoms. The van der Waals surface area contributed by atoms with Crippen LogP contribution >= 0.6 is 7.26 Å². The van der Waals surface area contributed by atoms with Crippen LogP contribution in [0.1, 0.15) is 27.7 Å². The van der Waals surface area contributed by atoms with Crippen LogP contribution in [0.2, 0.25) is 0 Å². The third kappa shape index (κ3) is 7.40. The second-order valence-electron chi connectivity index (χ2n) is 4.52. The summed E-state index contributed by atoms with van der Waals surface area (Å²) in [6.45, 7) is 9.41. The van der Waals surface area contributed by atoms with Gasteiger partial charge in [-0.25, -0.2) is 16.8 Å². The van der Waals surface area contributed by atoms with Gasteiger partial charge in [-0.05, 0) is 27.7 Å². The lowest BCUT2D eigenvalue weighted by molar-refractivity contribution is -0.0444. The predicted molar refractivity (Wildman–Crippen MR) is 82.4 cm³/mol. The molecule has 0 fully saturated rings. The van der Waals surface area contributed by atoms with Gasteiger partial charge < -0.3 is 4.13 Å². The second-order valence-corrected chi connectivity index (χ2v) is 13.2. The molecule has 0 N–H and O–H groups in total. The number of sulfonamides is 2. The van der Waals surface area contributed by atoms with Gasteiger partial charge >= 0.3 is 11.0 Å². The molecule has 0 aromatic carbocycles. The van der Waals surface area contributed by atoms with E-state index in [1.54, 1.807) is 0 Å². The maximum absolute atomic E-state index is 11.4. The van der Waals surface area contributed by atoms with Crippen molar-refractivity contribution in [1.29, 1.82) is 0 Å². The molecular weight excluding hydrogens is 407 g/mol. The normalized spacial score (nSPS) is 14.1. The topological polar surface area (TPSA) is 82.4 Å². The molecule has 0 unspecified atom stereocenters. The molecule has 0 spiro atoms. The number of alkyl halides is 6. The molecule has 14 heteroatoms. The first-order chi connectivity index (χ1) is 10.4. The summed E-state index contributed by atoms with van der Waals surface area (Å²) in [4.78, 5) is 0. The van der Waals surface area contributed by atoms with Gasteiger partial charge in [0.25, 0.3) is 0 Å². The molecule has 24 heavy (non-hydrogen) atoms. The Morgan fingerprint density at radius 1 is 0.667 bits per heavy atom. The van der Waals surface area contributed by atoms with E-state index in [4.69, 9.17) is 0 Å². The Bertz CT molecular complexity index is 522. The minimum absolute atomic E-state index is 0.420. The van der Waals surface area contributed by atoms with Gasteiger partial charge in [-0.15, -0.1) is 0 Å². The van der Waals surface area contributed by atoms with Crippen LogP contribution in [0.15, 0.2) is 0 Å². The molecule has 0 amide bonds. The van der Waals surface area contributed by atoms with Crippen molar-refractivity contribution in [2.45, 2.75) is 38.7 Å². The van der Waals surface area contributed by atoms with E-state index in [1.807, 2.05) is 0 Å². The van der Waals surface area contributed by atoms with Gasteiger partial charge in [0.1, 0.15) is 0 Å². The Balaban J connectivity index is 0. The second kappa shape index (κ2) is 9.00. The van der Waals surface area contributed by atoms with E-state index >= 15 is 0 Å². The van der Waals surface area contributed by atoms with E-state index in [2.05, 4.69) is 27.7 Å². The summed E-state index contributed by atoms with van der Waals surface area (Å²) in [7, 11) is -13.9. The van der Waals surface area contributed by atoms with Crippen molar-refractivity contribution < 1.29 is 43.2 Å². The molecule has 0 saturated carbocycles. The average Bonchev–Trinajstić information content (AvgIpc) is 2.39. The average molecular weight is 427 g/mol. The van der Waals surface area contributed by atoms with Crippen molar-refractivity contribution in [3.63, 3.8) is 0 Å². The van der Waals surface area contributed by atoms with E-state index in [1.165, 1.54) is 24.6 Å². The Morgan fingerprint density at radius 3 is 0.958 bits per heavy atom. The highest BCUT2D eigenvalue weighted by Crippen LogP contribution is 2.57. The highest BCUT2D eigenvalue weighted by molar-refractivity contribution is 8.13. The smallest absolute Gasteiger partial charge is 0.421 e. The molecule has 0 aliphatic carbocycles. The Labute approximate surface area is 138 Å². The number of nitrogens with zero attached hydrogens (tertiary/aromatic N) is 1. The van der Waals surface area contributed by atoms with Gasteiger partial charge in [-0.1, -0.05) is 0 Å². The Morgan fingerprint density at radius 2 is 0.875 bits per heavy atom. The van der Waals surface area contributed by atoms with E-state index in [-0.39, 0.29) is 0 Å². The van der Waals surface area contributed by atoms with Gasteiger partial charge in [0.2, 0.25) is 0 Å². The molecule has 0 aliphatic rings. The van der Waals surface area contributed by atoms with Gasteiger partial charge in [0.15, 0.2) is 20.0 Å². The van der Waals surface area contributed by atoms with Gasteiger partial charge in [-0.2, -0.15) is 26.3 Å². The highest BCUT2D eigenvalue weighted by Gasteiger charge is 2.46. The lowest BCUT2D eigenvalue weighted by Gasteiger charge is -2.22. The minimum Gasteiger partial charge on any atom is -0.421 e. The summed E-state index contributed by atoms with van der Waals surface area (Å²) in [6, 6.07) is 0. The van der Waals surface area contributed by atoms with E-state index < -0.39 is 38.3 Å². The van der Waals surface area contributed by atoms with Crippen molar-refractivity contribution >= 4 is 27.3 Å². The summed E-state index contributed by atoms with van der Waals surface area (Å²) in [5.74, 6) is 0. The molecule has 0 rings (SSSR count). The molecule has 148 valence electrons. The first-order valence-corrected chi connectivity index (χ1v) is 12.1. The molecule has 0 aromatic rings. The molecule has 0 saturated heterocycles. The van der Waals surface area contributed by atoms with Crippen molar-refractivity contribution in [3.05, 3.63) is 4.13 Å². The molecule has 0 aromatic heterocycles. The van der Waals surface area contributed by atoms with Gasteiger partial charge in [0.05, 0.1) is 24.6 Å². The summed E-state index contributed by atoms with van der Waals surface area (Å²) in [5.41, 5.74) is -12.4. The zero-order valence-electron chi connectivity index (χ0n) is 13.4. The summed E-state index contributed by atoms with van der Waals surface area (Å²) < 4.78 is 109. The molecule has 0 heterocycles. The van der Waals surface area contributed by atoms with Crippen LogP contribution in [-0.2, 0) is 20.0 Å². The monoisotopic (exact) mass is 427 g/mol. The highest BCUT2D eigenvalue weighted by atomic mass is 32.3. The predicted octanol–water partition coefficient (Wildman–Crippen LogP) is 4.14. The van der Waals surface area contributed by atoms with Crippen LogP contribution < -0.4 is 0 Å². The zero-order valence-corrected chi connectivity index (χ0v) is 16.0. The molecule has 5 nitrogen and oxygen atoms in total. The third-order valence-corrected chi connectivity index (χ3v) is 11.6. The molecular formula is C10H20F6NO4PS2. The number of rotatable bonds is 6. The number of halogens is 6. The Kier molecular flexibility index (Phi) is 9.78. The standard InChI is InChI=1S/C8H20P.C2F6NO4S2/c1-5-9(6-2,7-3)8-4;3-1(4,5)14(10,11)9-15(12,13)2(6,7)8/h5-8H2,1-4H3;/q+1;-1. The van der Waals surface area contributed by atoms with E-state index in [0.717, 1.165) is 4.13 Å². The van der Waals surface area contributed by atoms with E-state index in [0.29, 0.717) is 0 Å². The van der Waals surface area contributed by atoms with Gasteiger partial charge in [0, 0.05) is 7.26 Å². The van der Waals surface area contributed by atoms with Crippen LogP contribution in [-0.4, -0.2) is 52.5 Å². The van der Waals surface area contributed by atoms with Crippen LogP contribution in [0.25, 0.3) is 4.13 Å². The van der Waals surface area contributed by atoms with Crippen molar-refractivity contribution in [1.82, 2.24) is 0 Å². The lowest BCUT2D eigenvalue weighted by atomic mass is 10.9. The van der Waals surface area contributed by atoms with Crippen molar-refractivity contribution in [2.24, 2.45) is 0 Å². The SMILES string of the molecule is CC[P+](CC)(CC)CC.O=S(=O)([N-]S(=O)(=O)C(F)(F)F)C(F)(F)F. The van der Waals surface area contributed by atoms with Crippen LogP contribution in [0.3, 0.4) is 0 Å². The maximum atomic E-state index is 11.4. The number of hydrogen-bond donors (Lipinski definition) is 0. The first-order valence-electron chi connectivity index (χ1n) is 6.67. The quantitative estimate of drug-likeness (QED) is 0.471. The zero-order chi connectivity index (χ0) is 20.0. The Hall–Kier alpha value is -0.130. The van der Waals surface area contributed by atoms with Gasteiger partial charge in [-0.3, -0.25) is 0 Å². The maximum Gasteiger partial charge on any atom is 0.480 e. The molecule has 0 aliphatic heterocycles. The summed E-state index contributed by atoms with van der Waals surface area (Å²) >= 11 is 0. The number of hydrogen-bond acceptors (Lipinski definition) is 4. The third-order valence-electron chi connectivity index (χ3n) is 3.46. The fourth-order valence-electron chi connectivity index (χ4n) is 1.56. The van der Waals surface area contributed by atoms with Crippen molar-refractivity contribution in [3.8, 4) is 0 Å². The largest absolute Gasteiger partial charge is 0.480 e. The summed E-state index contributed by atoms with van der Waals surface area (Å²) in [6.07, 6.45) is 5.82. The molecule has 0 radical (unpaired) electrons. The minimum atomic E-state index is -6.72. The summed E-state index contributed by atoms with van der Waals surface area (Å²) in [5, 5.41) is 0. The first kappa shape index (κ1) is 26.1. The molecule has 0 atom stereocenters. The van der Waals surface area contributed by atoms with Crippen molar-refractivity contribution in [2.75, 3.05) is 24.6 Å². The van der Waals surface area contributed by atoms with Crippen LogP contribution in [0.4, 0.5) is 26.3 Å². The van der Waals surface area contributed by atoms with Crippen LogP contribution in [0.5, 0.6) is 0 Å². The fourth-order valence-corrected chi connectivity index (χ4v) is 5.95. The van der Waals surface area contributed by atoms with Crippen LogP contribution in [0, 0.1) is 0 Å².